The first-order chi connectivity index (χ1) is 13.4. The predicted molar refractivity (Wildman–Crippen MR) is 103 cm³/mol. The molecule has 1 aromatic carbocycles. The quantitative estimate of drug-likeness (QED) is 0.806. The van der Waals surface area contributed by atoms with Gasteiger partial charge in [-0.15, -0.1) is 0 Å². The van der Waals surface area contributed by atoms with Crippen LogP contribution in [0.3, 0.4) is 0 Å². The molecular formula is C20H24N4O4. The normalized spacial score (nSPS) is 14.6. The lowest BCUT2D eigenvalue weighted by Crippen LogP contribution is -2.47. The number of nitrogens with one attached hydrogen (secondary N) is 2. The lowest BCUT2D eigenvalue weighted by atomic mass is 10.0. The van der Waals surface area contributed by atoms with Crippen LogP contribution in [0.25, 0.3) is 0 Å². The monoisotopic (exact) mass is 384 g/mol. The zero-order valence-corrected chi connectivity index (χ0v) is 16.0. The second-order valence-corrected chi connectivity index (χ2v) is 6.97. The number of nitrogens with zero attached hydrogens (tertiary/aromatic N) is 2. The number of carbonyl (C=O) groups excluding carboxylic acids is 2. The minimum absolute atomic E-state index is 0.000819. The molecule has 28 heavy (non-hydrogen) atoms. The highest BCUT2D eigenvalue weighted by atomic mass is 16.5. The van der Waals surface area contributed by atoms with Crippen LogP contribution >= 0.6 is 0 Å². The van der Waals surface area contributed by atoms with Crippen LogP contribution < -0.4 is 15.6 Å². The summed E-state index contributed by atoms with van der Waals surface area (Å²) in [6.45, 7) is 5.14. The fraction of sp³-hybridized carbons (Fsp3) is 0.400. The van der Waals surface area contributed by atoms with E-state index in [1.165, 1.54) is 17.7 Å². The minimum atomic E-state index is -0.355. The third-order valence-corrected chi connectivity index (χ3v) is 4.94. The average molecular weight is 384 g/mol. The summed E-state index contributed by atoms with van der Waals surface area (Å²) in [7, 11) is 0. The van der Waals surface area contributed by atoms with Crippen LogP contribution in [0, 0.1) is 13.8 Å². The van der Waals surface area contributed by atoms with Gasteiger partial charge in [0.2, 0.25) is 0 Å². The van der Waals surface area contributed by atoms with Gasteiger partial charge in [0.05, 0.1) is 0 Å². The molecule has 8 nitrogen and oxygen atoms in total. The van der Waals surface area contributed by atoms with Gasteiger partial charge in [-0.3, -0.25) is 14.4 Å². The van der Waals surface area contributed by atoms with Crippen molar-refractivity contribution in [1.82, 2.24) is 20.4 Å². The molecule has 2 heterocycles. The Morgan fingerprint density at radius 1 is 1.18 bits per heavy atom. The van der Waals surface area contributed by atoms with Gasteiger partial charge in [-0.05, 0) is 56.0 Å². The molecule has 1 fully saturated rings. The van der Waals surface area contributed by atoms with E-state index < -0.39 is 0 Å². The highest BCUT2D eigenvalue weighted by molar-refractivity contribution is 5.92. The summed E-state index contributed by atoms with van der Waals surface area (Å²) >= 11 is 0. The van der Waals surface area contributed by atoms with Gasteiger partial charge in [0.1, 0.15) is 11.4 Å². The molecule has 0 aliphatic carbocycles. The third kappa shape index (κ3) is 4.97. The molecule has 1 aromatic heterocycles. The van der Waals surface area contributed by atoms with Crippen LogP contribution in [-0.2, 0) is 4.79 Å². The summed E-state index contributed by atoms with van der Waals surface area (Å²) in [4.78, 5) is 37.3. The van der Waals surface area contributed by atoms with Crippen molar-refractivity contribution in [3.63, 3.8) is 0 Å². The number of aromatic nitrogens is 2. The zero-order valence-electron chi connectivity index (χ0n) is 16.0. The Hall–Kier alpha value is -3.16. The largest absolute Gasteiger partial charge is 0.484 e. The number of benzene rings is 1. The second-order valence-electron chi connectivity index (χ2n) is 6.97. The molecule has 0 unspecified atom stereocenters. The van der Waals surface area contributed by atoms with E-state index in [4.69, 9.17) is 4.74 Å². The van der Waals surface area contributed by atoms with E-state index in [1.807, 2.05) is 32.0 Å². The van der Waals surface area contributed by atoms with Crippen LogP contribution in [0.1, 0.15) is 34.5 Å². The first kappa shape index (κ1) is 19.6. The smallest absolute Gasteiger partial charge is 0.271 e. The molecule has 2 aromatic rings. The molecule has 0 atom stereocenters. The Balaban J connectivity index is 1.44. The number of hydrogen-bond donors (Lipinski definition) is 2. The SMILES string of the molecule is Cc1ccc(OCC(=O)N2CCC(NC(=O)c3ccc(=O)[nH]n3)CC2)cc1C. The fourth-order valence-electron chi connectivity index (χ4n) is 3.04. The van der Waals surface area contributed by atoms with E-state index in [2.05, 4.69) is 15.5 Å². The van der Waals surface area contributed by atoms with Gasteiger partial charge in [0, 0.05) is 25.2 Å². The number of carbonyl (C=O) groups is 2. The van der Waals surface area contributed by atoms with E-state index >= 15 is 0 Å². The van der Waals surface area contributed by atoms with E-state index in [0.717, 1.165) is 5.56 Å². The van der Waals surface area contributed by atoms with Gasteiger partial charge in [0.25, 0.3) is 17.4 Å². The van der Waals surface area contributed by atoms with Crippen LogP contribution in [0.15, 0.2) is 35.1 Å². The van der Waals surface area contributed by atoms with Crippen molar-refractivity contribution >= 4 is 11.8 Å². The number of ether oxygens (including phenoxy) is 1. The van der Waals surface area contributed by atoms with E-state index in [-0.39, 0.29) is 35.7 Å². The lowest BCUT2D eigenvalue weighted by Gasteiger charge is -2.32. The maximum absolute atomic E-state index is 12.4. The summed E-state index contributed by atoms with van der Waals surface area (Å²) in [5, 5.41) is 8.85. The predicted octanol–water partition coefficient (Wildman–Crippen LogP) is 1.19. The second kappa shape index (κ2) is 8.69. The van der Waals surface area contributed by atoms with Gasteiger partial charge in [-0.1, -0.05) is 6.07 Å². The van der Waals surface area contributed by atoms with Crippen molar-refractivity contribution in [3.05, 3.63) is 57.5 Å². The third-order valence-electron chi connectivity index (χ3n) is 4.94. The number of amides is 2. The van der Waals surface area contributed by atoms with Crippen LogP contribution in [0.5, 0.6) is 5.75 Å². The molecule has 1 aliphatic heterocycles. The Bertz CT molecular complexity index is 896. The van der Waals surface area contributed by atoms with E-state index in [1.54, 1.807) is 4.90 Å². The average Bonchev–Trinajstić information content (AvgIpc) is 2.69. The van der Waals surface area contributed by atoms with Crippen molar-refractivity contribution in [2.75, 3.05) is 19.7 Å². The van der Waals surface area contributed by atoms with Gasteiger partial charge < -0.3 is 15.0 Å². The number of aromatic amines is 1. The molecule has 0 saturated carbocycles. The molecule has 0 spiro atoms. The summed E-state index contributed by atoms with van der Waals surface area (Å²) in [5.41, 5.74) is 2.12. The first-order valence-electron chi connectivity index (χ1n) is 9.27. The molecule has 2 N–H and O–H groups in total. The van der Waals surface area contributed by atoms with Crippen molar-refractivity contribution < 1.29 is 14.3 Å². The van der Waals surface area contributed by atoms with Gasteiger partial charge in [-0.25, -0.2) is 5.10 Å². The summed E-state index contributed by atoms with van der Waals surface area (Å²) in [5.74, 6) is 0.288. The zero-order chi connectivity index (χ0) is 20.1. The maximum atomic E-state index is 12.4. The standard InChI is InChI=1S/C20H24N4O4/c1-13-3-4-16(11-14(13)2)28-12-19(26)24-9-7-15(8-10-24)21-20(27)17-5-6-18(25)23-22-17/h3-6,11,15H,7-10,12H2,1-2H3,(H,21,27)(H,23,25). The fourth-order valence-corrected chi connectivity index (χ4v) is 3.04. The van der Waals surface area contributed by atoms with Crippen molar-refractivity contribution in [2.24, 2.45) is 0 Å². The number of aryl methyl sites for hydroxylation is 2. The number of piperidine rings is 1. The molecule has 1 aliphatic rings. The molecule has 8 heteroatoms. The molecule has 2 amide bonds. The molecule has 0 radical (unpaired) electrons. The number of H-pyrrole nitrogens is 1. The van der Waals surface area contributed by atoms with Crippen molar-refractivity contribution in [2.45, 2.75) is 32.7 Å². The number of rotatable bonds is 5. The van der Waals surface area contributed by atoms with Crippen LogP contribution in [0.2, 0.25) is 0 Å². The Labute approximate surface area is 162 Å². The Morgan fingerprint density at radius 3 is 2.57 bits per heavy atom. The van der Waals surface area contributed by atoms with Crippen molar-refractivity contribution in [1.29, 1.82) is 0 Å². The highest BCUT2D eigenvalue weighted by Gasteiger charge is 2.24. The summed E-state index contributed by atoms with van der Waals surface area (Å²) in [6.07, 6.45) is 1.31. The van der Waals surface area contributed by atoms with Crippen LogP contribution in [0.4, 0.5) is 0 Å². The van der Waals surface area contributed by atoms with E-state index in [9.17, 15) is 14.4 Å². The van der Waals surface area contributed by atoms with Gasteiger partial charge in [0.15, 0.2) is 6.61 Å². The highest BCUT2D eigenvalue weighted by Crippen LogP contribution is 2.17. The van der Waals surface area contributed by atoms with Gasteiger partial charge in [-0.2, -0.15) is 5.10 Å². The van der Waals surface area contributed by atoms with Crippen molar-refractivity contribution in [3.8, 4) is 5.75 Å². The molecule has 1 saturated heterocycles. The van der Waals surface area contributed by atoms with Gasteiger partial charge >= 0.3 is 0 Å². The molecule has 3 rings (SSSR count). The molecule has 148 valence electrons. The Morgan fingerprint density at radius 2 is 1.93 bits per heavy atom. The topological polar surface area (TPSA) is 104 Å². The summed E-state index contributed by atoms with van der Waals surface area (Å²) < 4.78 is 5.62. The minimum Gasteiger partial charge on any atom is -0.484 e. The molecule has 0 bridgehead atoms. The maximum Gasteiger partial charge on any atom is 0.271 e. The van der Waals surface area contributed by atoms with Crippen LogP contribution in [-0.4, -0.2) is 52.6 Å². The van der Waals surface area contributed by atoms with E-state index in [0.29, 0.717) is 31.7 Å². The number of hydrogen-bond acceptors (Lipinski definition) is 5. The lowest BCUT2D eigenvalue weighted by molar-refractivity contribution is -0.134. The molecular weight excluding hydrogens is 360 g/mol. The Kier molecular flexibility index (Phi) is 6.08. The number of likely N-dealkylation sites (tertiary alicyclic amines) is 1. The summed E-state index contributed by atoms with van der Waals surface area (Å²) in [6, 6.07) is 8.37. The first-order valence-corrected chi connectivity index (χ1v) is 9.27.